The molecule has 2 N–H and O–H groups in total. The Labute approximate surface area is 90.2 Å². The van der Waals surface area contributed by atoms with Gasteiger partial charge < -0.3 is 15.2 Å². The molecule has 1 fully saturated rings. The van der Waals surface area contributed by atoms with Gasteiger partial charge in [0.1, 0.15) is 0 Å². The second-order valence-corrected chi connectivity index (χ2v) is 3.84. The molecule has 2 rings (SSSR count). The second kappa shape index (κ2) is 3.83. The second-order valence-electron chi connectivity index (χ2n) is 3.84. The van der Waals surface area contributed by atoms with Gasteiger partial charge in [-0.1, -0.05) is 25.1 Å². The number of aryl methyl sites for hydroxylation is 1. The van der Waals surface area contributed by atoms with Gasteiger partial charge in [-0.2, -0.15) is 0 Å². The molecule has 82 valence electrons. The maximum Gasteiger partial charge on any atom is 0.196 e. The zero-order chi connectivity index (χ0) is 10.9. The number of nitrogen functional groups attached to an aromatic ring is 1. The largest absolute Gasteiger partial charge is 0.398 e. The van der Waals surface area contributed by atoms with E-state index in [1.807, 2.05) is 32.0 Å². The Morgan fingerprint density at radius 1 is 1.33 bits per heavy atom. The SMILES string of the molecule is CCC1(c2cccc(C)c2N)OCCO1. The molecule has 0 bridgehead atoms. The smallest absolute Gasteiger partial charge is 0.196 e. The summed E-state index contributed by atoms with van der Waals surface area (Å²) in [6.07, 6.45) is 0.778. The average molecular weight is 207 g/mol. The summed E-state index contributed by atoms with van der Waals surface area (Å²) in [6, 6.07) is 5.97. The number of hydrogen-bond acceptors (Lipinski definition) is 3. The molecule has 0 aromatic heterocycles. The summed E-state index contributed by atoms with van der Waals surface area (Å²) in [4.78, 5) is 0. The first-order chi connectivity index (χ1) is 7.19. The van der Waals surface area contributed by atoms with Crippen LogP contribution in [0, 0.1) is 6.92 Å². The highest BCUT2D eigenvalue weighted by atomic mass is 16.7. The van der Waals surface area contributed by atoms with E-state index in [1.165, 1.54) is 0 Å². The van der Waals surface area contributed by atoms with E-state index in [4.69, 9.17) is 15.2 Å². The van der Waals surface area contributed by atoms with Crippen molar-refractivity contribution in [3.8, 4) is 0 Å². The number of para-hydroxylation sites is 1. The summed E-state index contributed by atoms with van der Waals surface area (Å²) < 4.78 is 11.4. The van der Waals surface area contributed by atoms with E-state index in [0.717, 1.165) is 23.2 Å². The van der Waals surface area contributed by atoms with Crippen molar-refractivity contribution in [1.82, 2.24) is 0 Å². The molecule has 1 aromatic carbocycles. The van der Waals surface area contributed by atoms with Gasteiger partial charge in [0.15, 0.2) is 5.79 Å². The van der Waals surface area contributed by atoms with Crippen molar-refractivity contribution in [2.45, 2.75) is 26.1 Å². The monoisotopic (exact) mass is 207 g/mol. The predicted octanol–water partition coefficient (Wildman–Crippen LogP) is 2.19. The van der Waals surface area contributed by atoms with Crippen LogP contribution < -0.4 is 5.73 Å². The van der Waals surface area contributed by atoms with Crippen molar-refractivity contribution < 1.29 is 9.47 Å². The van der Waals surface area contributed by atoms with Gasteiger partial charge in [-0.15, -0.1) is 0 Å². The number of hydrogen-bond donors (Lipinski definition) is 1. The van der Waals surface area contributed by atoms with Crippen LogP contribution in [0.2, 0.25) is 0 Å². The zero-order valence-electron chi connectivity index (χ0n) is 9.25. The Morgan fingerprint density at radius 2 is 2.00 bits per heavy atom. The normalized spacial score (nSPS) is 19.3. The number of rotatable bonds is 2. The Morgan fingerprint density at radius 3 is 2.60 bits per heavy atom. The average Bonchev–Trinajstić information content (AvgIpc) is 2.72. The van der Waals surface area contributed by atoms with Crippen LogP contribution in [0.1, 0.15) is 24.5 Å². The molecule has 0 saturated carbocycles. The fourth-order valence-corrected chi connectivity index (χ4v) is 2.02. The molecule has 0 spiro atoms. The van der Waals surface area contributed by atoms with Crippen molar-refractivity contribution >= 4 is 5.69 Å². The third-order valence-corrected chi connectivity index (χ3v) is 2.95. The first kappa shape index (κ1) is 10.5. The minimum Gasteiger partial charge on any atom is -0.398 e. The van der Waals surface area contributed by atoms with Crippen molar-refractivity contribution in [3.05, 3.63) is 29.3 Å². The molecule has 1 aliphatic rings. The summed E-state index contributed by atoms with van der Waals surface area (Å²) in [5, 5.41) is 0. The highest BCUT2D eigenvalue weighted by molar-refractivity contribution is 5.55. The summed E-state index contributed by atoms with van der Waals surface area (Å²) >= 11 is 0. The molecular weight excluding hydrogens is 190 g/mol. The number of nitrogens with two attached hydrogens (primary N) is 1. The standard InChI is InChI=1S/C12H17NO2/c1-3-12(14-7-8-15-12)10-6-4-5-9(2)11(10)13/h4-6H,3,7-8,13H2,1-2H3. The van der Waals surface area contributed by atoms with Gasteiger partial charge in [-0.3, -0.25) is 0 Å². The zero-order valence-corrected chi connectivity index (χ0v) is 9.25. The van der Waals surface area contributed by atoms with Gasteiger partial charge in [-0.25, -0.2) is 0 Å². The Bertz CT molecular complexity index is 357. The van der Waals surface area contributed by atoms with Crippen LogP contribution in [0.3, 0.4) is 0 Å². The maximum absolute atomic E-state index is 6.06. The Kier molecular flexibility index (Phi) is 2.67. The van der Waals surface area contributed by atoms with Crippen molar-refractivity contribution in [2.24, 2.45) is 0 Å². The third-order valence-electron chi connectivity index (χ3n) is 2.95. The molecule has 1 saturated heterocycles. The summed E-state index contributed by atoms with van der Waals surface area (Å²) in [6.45, 7) is 5.33. The van der Waals surface area contributed by atoms with Crippen molar-refractivity contribution in [3.63, 3.8) is 0 Å². The lowest BCUT2D eigenvalue weighted by atomic mass is 9.98. The van der Waals surface area contributed by atoms with E-state index in [2.05, 4.69) is 0 Å². The fourth-order valence-electron chi connectivity index (χ4n) is 2.02. The number of ether oxygens (including phenoxy) is 2. The van der Waals surface area contributed by atoms with Crippen LogP contribution in [0.25, 0.3) is 0 Å². The lowest BCUT2D eigenvalue weighted by molar-refractivity contribution is -0.167. The van der Waals surface area contributed by atoms with Crippen LogP contribution in [-0.2, 0) is 15.3 Å². The molecule has 15 heavy (non-hydrogen) atoms. The van der Waals surface area contributed by atoms with Crippen LogP contribution in [0.5, 0.6) is 0 Å². The highest BCUT2D eigenvalue weighted by Crippen LogP contribution is 2.38. The molecule has 0 unspecified atom stereocenters. The molecular formula is C12H17NO2. The molecule has 0 radical (unpaired) electrons. The summed E-state index contributed by atoms with van der Waals surface area (Å²) in [5.74, 6) is -0.615. The van der Waals surface area contributed by atoms with E-state index >= 15 is 0 Å². The first-order valence-electron chi connectivity index (χ1n) is 5.33. The summed E-state index contributed by atoms with van der Waals surface area (Å²) in [7, 11) is 0. The summed E-state index contributed by atoms with van der Waals surface area (Å²) in [5.41, 5.74) is 8.87. The molecule has 3 nitrogen and oxygen atoms in total. The fraction of sp³-hybridized carbons (Fsp3) is 0.500. The van der Waals surface area contributed by atoms with Crippen LogP contribution in [0.4, 0.5) is 5.69 Å². The van der Waals surface area contributed by atoms with Gasteiger partial charge in [0, 0.05) is 17.7 Å². The molecule has 1 aliphatic heterocycles. The molecule has 1 aromatic rings. The van der Waals surface area contributed by atoms with Gasteiger partial charge in [0.05, 0.1) is 13.2 Å². The molecule has 1 heterocycles. The van der Waals surface area contributed by atoms with Gasteiger partial charge >= 0.3 is 0 Å². The lowest BCUT2D eigenvalue weighted by Gasteiger charge is -2.28. The quantitative estimate of drug-likeness (QED) is 0.756. The number of benzene rings is 1. The molecule has 0 atom stereocenters. The number of anilines is 1. The van der Waals surface area contributed by atoms with E-state index in [9.17, 15) is 0 Å². The van der Waals surface area contributed by atoms with Gasteiger partial charge in [-0.05, 0) is 12.5 Å². The van der Waals surface area contributed by atoms with Crippen molar-refractivity contribution in [1.29, 1.82) is 0 Å². The first-order valence-corrected chi connectivity index (χ1v) is 5.33. The van der Waals surface area contributed by atoms with Gasteiger partial charge in [0.25, 0.3) is 0 Å². The van der Waals surface area contributed by atoms with E-state index in [1.54, 1.807) is 0 Å². The maximum atomic E-state index is 6.06. The van der Waals surface area contributed by atoms with Gasteiger partial charge in [0.2, 0.25) is 0 Å². The Hall–Kier alpha value is -1.06. The minimum absolute atomic E-state index is 0.615. The van der Waals surface area contributed by atoms with E-state index < -0.39 is 5.79 Å². The molecule has 0 amide bonds. The van der Waals surface area contributed by atoms with E-state index in [-0.39, 0.29) is 0 Å². The minimum atomic E-state index is -0.615. The topological polar surface area (TPSA) is 44.5 Å². The highest BCUT2D eigenvalue weighted by Gasteiger charge is 2.38. The van der Waals surface area contributed by atoms with E-state index in [0.29, 0.717) is 13.2 Å². The third kappa shape index (κ3) is 1.62. The molecule has 3 heteroatoms. The Balaban J connectivity index is 2.47. The van der Waals surface area contributed by atoms with Crippen molar-refractivity contribution in [2.75, 3.05) is 18.9 Å². The van der Waals surface area contributed by atoms with Crippen LogP contribution >= 0.6 is 0 Å². The van der Waals surface area contributed by atoms with Crippen LogP contribution in [-0.4, -0.2) is 13.2 Å². The predicted molar refractivity (Wildman–Crippen MR) is 59.5 cm³/mol. The van der Waals surface area contributed by atoms with Crippen LogP contribution in [0.15, 0.2) is 18.2 Å². The molecule has 0 aliphatic carbocycles. The lowest BCUT2D eigenvalue weighted by Crippen LogP contribution is -2.27.